The Balaban J connectivity index is 1.20. The van der Waals surface area contributed by atoms with Crippen LogP contribution in [0.15, 0.2) is 48.5 Å². The van der Waals surface area contributed by atoms with Gasteiger partial charge < -0.3 is 15.4 Å². The molecule has 0 atom stereocenters. The van der Waals surface area contributed by atoms with Crippen molar-refractivity contribution in [2.24, 2.45) is 0 Å². The summed E-state index contributed by atoms with van der Waals surface area (Å²) in [6.45, 7) is 5.45. The van der Waals surface area contributed by atoms with Crippen molar-refractivity contribution in [3.8, 4) is 0 Å². The molecule has 2 aromatic rings. The third-order valence-corrected chi connectivity index (χ3v) is 5.86. The van der Waals surface area contributed by atoms with Gasteiger partial charge in [-0.25, -0.2) is 0 Å². The Kier molecular flexibility index (Phi) is 6.80. The molecule has 2 heterocycles. The molecular formula is C24H31N3O2. The van der Waals surface area contributed by atoms with Crippen LogP contribution in [-0.4, -0.2) is 49.7 Å². The fraction of sp³-hybridized carbons (Fsp3) is 0.458. The Morgan fingerprint density at radius 2 is 1.90 bits per heavy atom. The number of nitrogens with one attached hydrogen (secondary N) is 2. The van der Waals surface area contributed by atoms with E-state index in [1.54, 1.807) is 0 Å². The van der Waals surface area contributed by atoms with Crippen LogP contribution in [0, 0.1) is 0 Å². The minimum atomic E-state index is 0.00428. The van der Waals surface area contributed by atoms with E-state index in [4.69, 9.17) is 4.74 Å². The Morgan fingerprint density at radius 1 is 1.07 bits per heavy atom. The highest BCUT2D eigenvalue weighted by atomic mass is 16.5. The number of nitrogens with zero attached hydrogens (tertiary/aromatic N) is 1. The van der Waals surface area contributed by atoms with Crippen LogP contribution in [-0.2, 0) is 17.7 Å². The lowest BCUT2D eigenvalue weighted by Crippen LogP contribution is -2.33. The molecular weight excluding hydrogens is 362 g/mol. The van der Waals surface area contributed by atoms with Crippen LogP contribution in [0.5, 0.6) is 0 Å². The standard InChI is InChI=1S/C24H31N3O2/c28-24(20-7-3-8-23(17-20)26-22-10-15-29-16-11-22)25-12-4-13-27-14-9-19-5-1-2-6-21(19)18-27/h1-3,5-8,17,22,26H,4,9-16,18H2,(H,25,28). The van der Waals surface area contributed by atoms with Gasteiger partial charge in [0.25, 0.3) is 5.91 Å². The van der Waals surface area contributed by atoms with Gasteiger partial charge in [-0.2, -0.15) is 0 Å². The van der Waals surface area contributed by atoms with Gasteiger partial charge >= 0.3 is 0 Å². The fourth-order valence-electron chi connectivity index (χ4n) is 4.18. The monoisotopic (exact) mass is 393 g/mol. The molecule has 0 unspecified atom stereocenters. The number of amides is 1. The van der Waals surface area contributed by atoms with E-state index in [0.717, 1.165) is 64.2 Å². The van der Waals surface area contributed by atoms with E-state index < -0.39 is 0 Å². The summed E-state index contributed by atoms with van der Waals surface area (Å²) in [6.07, 6.45) is 4.11. The van der Waals surface area contributed by atoms with E-state index in [2.05, 4.69) is 39.8 Å². The van der Waals surface area contributed by atoms with Crippen molar-refractivity contribution in [2.45, 2.75) is 38.3 Å². The highest BCUT2D eigenvalue weighted by Crippen LogP contribution is 2.19. The van der Waals surface area contributed by atoms with E-state index >= 15 is 0 Å². The smallest absolute Gasteiger partial charge is 0.251 e. The quantitative estimate of drug-likeness (QED) is 0.708. The first kappa shape index (κ1) is 19.9. The molecule has 0 aromatic heterocycles. The van der Waals surface area contributed by atoms with Crippen LogP contribution < -0.4 is 10.6 Å². The summed E-state index contributed by atoms with van der Waals surface area (Å²) in [7, 11) is 0. The van der Waals surface area contributed by atoms with E-state index in [1.807, 2.05) is 24.3 Å². The molecule has 154 valence electrons. The van der Waals surface area contributed by atoms with Gasteiger partial charge in [-0.3, -0.25) is 9.69 Å². The fourth-order valence-corrected chi connectivity index (χ4v) is 4.18. The summed E-state index contributed by atoms with van der Waals surface area (Å²) in [5.41, 5.74) is 4.65. The number of carbonyl (C=O) groups excluding carboxylic acids is 1. The molecule has 0 saturated carbocycles. The number of ether oxygens (including phenoxy) is 1. The number of hydrogen-bond acceptors (Lipinski definition) is 4. The minimum Gasteiger partial charge on any atom is -0.382 e. The summed E-state index contributed by atoms with van der Waals surface area (Å²) in [4.78, 5) is 15.0. The summed E-state index contributed by atoms with van der Waals surface area (Å²) in [6, 6.07) is 16.9. The van der Waals surface area contributed by atoms with E-state index in [0.29, 0.717) is 18.2 Å². The van der Waals surface area contributed by atoms with Crippen molar-refractivity contribution in [2.75, 3.05) is 38.2 Å². The van der Waals surface area contributed by atoms with Gasteiger partial charge in [0.1, 0.15) is 0 Å². The maximum Gasteiger partial charge on any atom is 0.251 e. The lowest BCUT2D eigenvalue weighted by Gasteiger charge is -2.28. The predicted molar refractivity (Wildman–Crippen MR) is 116 cm³/mol. The van der Waals surface area contributed by atoms with Crippen LogP contribution in [0.25, 0.3) is 0 Å². The molecule has 1 saturated heterocycles. The first-order valence-electron chi connectivity index (χ1n) is 10.8. The second kappa shape index (κ2) is 9.90. The zero-order valence-corrected chi connectivity index (χ0v) is 17.0. The molecule has 4 rings (SSSR count). The van der Waals surface area contributed by atoms with Crippen molar-refractivity contribution < 1.29 is 9.53 Å². The predicted octanol–water partition coefficient (Wildman–Crippen LogP) is 3.46. The first-order chi connectivity index (χ1) is 14.3. The van der Waals surface area contributed by atoms with Crippen molar-refractivity contribution in [3.63, 3.8) is 0 Å². The Labute approximate surface area is 173 Å². The molecule has 2 aliphatic heterocycles. The maximum absolute atomic E-state index is 12.5. The zero-order valence-electron chi connectivity index (χ0n) is 17.0. The zero-order chi connectivity index (χ0) is 19.9. The maximum atomic E-state index is 12.5. The number of carbonyl (C=O) groups is 1. The molecule has 2 N–H and O–H groups in total. The SMILES string of the molecule is O=C(NCCCN1CCc2ccccc2C1)c1cccc(NC2CCOCC2)c1. The summed E-state index contributed by atoms with van der Waals surface area (Å²) < 4.78 is 5.41. The number of anilines is 1. The summed E-state index contributed by atoms with van der Waals surface area (Å²) in [5.74, 6) is 0.00428. The Bertz CT molecular complexity index is 817. The third kappa shape index (κ3) is 5.58. The Hall–Kier alpha value is -2.37. The van der Waals surface area contributed by atoms with Crippen LogP contribution in [0.4, 0.5) is 5.69 Å². The molecule has 2 aliphatic rings. The average Bonchev–Trinajstić information content (AvgIpc) is 2.77. The number of rotatable bonds is 7. The summed E-state index contributed by atoms with van der Waals surface area (Å²) >= 11 is 0. The van der Waals surface area contributed by atoms with Gasteiger partial charge in [0.15, 0.2) is 0 Å². The number of hydrogen-bond donors (Lipinski definition) is 2. The lowest BCUT2D eigenvalue weighted by molar-refractivity contribution is 0.0904. The van der Waals surface area contributed by atoms with Gasteiger partial charge in [0.05, 0.1) is 0 Å². The van der Waals surface area contributed by atoms with E-state index in [9.17, 15) is 4.79 Å². The topological polar surface area (TPSA) is 53.6 Å². The van der Waals surface area contributed by atoms with Gasteiger partial charge in [-0.15, -0.1) is 0 Å². The molecule has 1 fully saturated rings. The second-order valence-electron chi connectivity index (χ2n) is 8.02. The molecule has 2 aromatic carbocycles. The van der Waals surface area contributed by atoms with Crippen LogP contribution in [0.1, 0.15) is 40.7 Å². The molecule has 0 radical (unpaired) electrons. The van der Waals surface area contributed by atoms with Crippen molar-refractivity contribution >= 4 is 11.6 Å². The molecule has 0 aliphatic carbocycles. The Morgan fingerprint density at radius 3 is 2.76 bits per heavy atom. The number of benzene rings is 2. The van der Waals surface area contributed by atoms with Gasteiger partial charge in [0, 0.05) is 56.7 Å². The highest BCUT2D eigenvalue weighted by molar-refractivity contribution is 5.95. The number of fused-ring (bicyclic) bond motifs is 1. The van der Waals surface area contributed by atoms with Crippen molar-refractivity contribution in [1.29, 1.82) is 0 Å². The largest absolute Gasteiger partial charge is 0.382 e. The van der Waals surface area contributed by atoms with Crippen molar-refractivity contribution in [3.05, 3.63) is 65.2 Å². The minimum absolute atomic E-state index is 0.00428. The van der Waals surface area contributed by atoms with Gasteiger partial charge in [-0.05, 0) is 55.0 Å². The van der Waals surface area contributed by atoms with Crippen LogP contribution in [0.3, 0.4) is 0 Å². The van der Waals surface area contributed by atoms with Crippen LogP contribution in [0.2, 0.25) is 0 Å². The molecule has 0 spiro atoms. The molecule has 0 bridgehead atoms. The lowest BCUT2D eigenvalue weighted by atomic mass is 10.00. The summed E-state index contributed by atoms with van der Waals surface area (Å²) in [5, 5.41) is 6.60. The van der Waals surface area contributed by atoms with Crippen molar-refractivity contribution in [1.82, 2.24) is 10.2 Å². The highest BCUT2D eigenvalue weighted by Gasteiger charge is 2.16. The van der Waals surface area contributed by atoms with Gasteiger partial charge in [-0.1, -0.05) is 30.3 Å². The second-order valence-corrected chi connectivity index (χ2v) is 8.02. The third-order valence-electron chi connectivity index (χ3n) is 5.86. The molecule has 1 amide bonds. The normalized spacial score (nSPS) is 17.5. The van der Waals surface area contributed by atoms with E-state index in [1.165, 1.54) is 11.1 Å². The molecule has 5 heteroatoms. The molecule has 5 nitrogen and oxygen atoms in total. The first-order valence-corrected chi connectivity index (χ1v) is 10.8. The average molecular weight is 394 g/mol. The van der Waals surface area contributed by atoms with Crippen LogP contribution >= 0.6 is 0 Å². The molecule has 29 heavy (non-hydrogen) atoms. The van der Waals surface area contributed by atoms with E-state index in [-0.39, 0.29) is 5.91 Å². The van der Waals surface area contributed by atoms with Gasteiger partial charge in [0.2, 0.25) is 0 Å².